The fraction of sp³-hybridized carbons (Fsp3) is 0.364. The zero-order valence-electron chi connectivity index (χ0n) is 18.4. The number of nitrogens with zero attached hydrogens (tertiary/aromatic N) is 5. The van der Waals surface area contributed by atoms with E-state index in [1.807, 2.05) is 55.8 Å². The molecule has 2 aromatic heterocycles. The molecule has 1 N–H and O–H groups in total. The number of benzene rings is 1. The van der Waals surface area contributed by atoms with Crippen molar-refractivity contribution in [2.45, 2.75) is 33.6 Å². The molecule has 0 atom stereocenters. The lowest BCUT2D eigenvalue weighted by Gasteiger charge is -2.11. The van der Waals surface area contributed by atoms with Crippen LogP contribution in [0.1, 0.15) is 39.6 Å². The molecule has 1 aromatic carbocycles. The lowest BCUT2D eigenvalue weighted by atomic mass is 10.1. The van der Waals surface area contributed by atoms with Crippen molar-refractivity contribution in [3.05, 3.63) is 58.7 Å². The fourth-order valence-electron chi connectivity index (χ4n) is 3.42. The van der Waals surface area contributed by atoms with Crippen molar-refractivity contribution in [3.8, 4) is 5.69 Å². The second-order valence-corrected chi connectivity index (χ2v) is 7.58. The van der Waals surface area contributed by atoms with Gasteiger partial charge in [-0.3, -0.25) is 14.3 Å². The molecule has 3 aromatic rings. The summed E-state index contributed by atoms with van der Waals surface area (Å²) in [5.74, 6) is -0.407. The third-order valence-corrected chi connectivity index (χ3v) is 5.25. The highest BCUT2D eigenvalue weighted by atomic mass is 16.2. The summed E-state index contributed by atoms with van der Waals surface area (Å²) in [6, 6.07) is 9.93. The molecule has 0 aliphatic heterocycles. The molecule has 0 saturated carbocycles. The van der Waals surface area contributed by atoms with Crippen LogP contribution in [0.25, 0.3) is 5.69 Å². The molecule has 158 valence electrons. The number of aryl methyl sites for hydroxylation is 2. The van der Waals surface area contributed by atoms with Gasteiger partial charge in [-0.1, -0.05) is 18.2 Å². The van der Waals surface area contributed by atoms with E-state index in [1.165, 1.54) is 4.90 Å². The molecule has 0 spiro atoms. The largest absolute Gasteiger partial charge is 0.343 e. The molecule has 30 heavy (non-hydrogen) atoms. The standard InChI is InChI=1S/C22H28N6O2/c1-14-18(15(2)28(24-14)17-10-8-7-9-11-17)12-13-19(29)23-20-16(3)27(6)25-21(20)22(30)26(4)5/h7-11H,12-13H2,1-6H3,(H,23,29). The Hall–Kier alpha value is -3.42. The summed E-state index contributed by atoms with van der Waals surface area (Å²) in [7, 11) is 5.07. The number of anilines is 1. The number of hydrogen-bond acceptors (Lipinski definition) is 4. The van der Waals surface area contributed by atoms with Crippen LogP contribution in [0.4, 0.5) is 5.69 Å². The van der Waals surface area contributed by atoms with E-state index in [1.54, 1.807) is 25.8 Å². The summed E-state index contributed by atoms with van der Waals surface area (Å²) in [4.78, 5) is 26.5. The number of aromatic nitrogens is 4. The molecule has 2 heterocycles. The SMILES string of the molecule is Cc1nn(-c2ccccc2)c(C)c1CCC(=O)Nc1c(C(=O)N(C)C)nn(C)c1C. The maximum atomic E-state index is 12.7. The van der Waals surface area contributed by atoms with E-state index in [0.717, 1.165) is 28.3 Å². The zero-order chi connectivity index (χ0) is 22.0. The molecule has 0 bridgehead atoms. The van der Waals surface area contributed by atoms with E-state index in [2.05, 4.69) is 15.5 Å². The van der Waals surface area contributed by atoms with E-state index in [-0.39, 0.29) is 23.9 Å². The monoisotopic (exact) mass is 408 g/mol. The van der Waals surface area contributed by atoms with Crippen molar-refractivity contribution in [2.24, 2.45) is 7.05 Å². The minimum atomic E-state index is -0.246. The van der Waals surface area contributed by atoms with Crippen LogP contribution in [0.15, 0.2) is 30.3 Å². The van der Waals surface area contributed by atoms with Gasteiger partial charge in [-0.05, 0) is 44.9 Å². The summed E-state index contributed by atoms with van der Waals surface area (Å²) >= 11 is 0. The number of carbonyl (C=O) groups is 2. The first-order valence-electron chi connectivity index (χ1n) is 9.86. The van der Waals surface area contributed by atoms with Gasteiger partial charge in [0.1, 0.15) is 0 Å². The van der Waals surface area contributed by atoms with Gasteiger partial charge in [-0.2, -0.15) is 10.2 Å². The zero-order valence-corrected chi connectivity index (χ0v) is 18.4. The van der Waals surface area contributed by atoms with Gasteiger partial charge >= 0.3 is 0 Å². The Balaban J connectivity index is 1.75. The minimum Gasteiger partial charge on any atom is -0.343 e. The lowest BCUT2D eigenvalue weighted by molar-refractivity contribution is -0.116. The molecule has 0 aliphatic carbocycles. The van der Waals surface area contributed by atoms with Crippen LogP contribution in [0.5, 0.6) is 0 Å². The molecule has 3 rings (SSSR count). The summed E-state index contributed by atoms with van der Waals surface area (Å²) in [6.07, 6.45) is 0.846. The van der Waals surface area contributed by atoms with Crippen LogP contribution < -0.4 is 5.32 Å². The first-order valence-corrected chi connectivity index (χ1v) is 9.86. The van der Waals surface area contributed by atoms with Crippen LogP contribution in [-0.4, -0.2) is 50.4 Å². The molecule has 8 nitrogen and oxygen atoms in total. The predicted molar refractivity (Wildman–Crippen MR) is 116 cm³/mol. The number of carbonyl (C=O) groups excluding carboxylic acids is 2. The van der Waals surface area contributed by atoms with E-state index in [0.29, 0.717) is 12.1 Å². The van der Waals surface area contributed by atoms with Crippen molar-refractivity contribution in [2.75, 3.05) is 19.4 Å². The predicted octanol–water partition coefficient (Wildman–Crippen LogP) is 2.80. The van der Waals surface area contributed by atoms with Crippen LogP contribution >= 0.6 is 0 Å². The van der Waals surface area contributed by atoms with Crippen LogP contribution in [0.3, 0.4) is 0 Å². The molecule has 0 fully saturated rings. The van der Waals surface area contributed by atoms with E-state index < -0.39 is 0 Å². The topological polar surface area (TPSA) is 85.1 Å². The highest BCUT2D eigenvalue weighted by molar-refractivity contribution is 6.02. The van der Waals surface area contributed by atoms with Crippen molar-refractivity contribution in [3.63, 3.8) is 0 Å². The average molecular weight is 409 g/mol. The quantitative estimate of drug-likeness (QED) is 0.680. The van der Waals surface area contributed by atoms with Crippen molar-refractivity contribution < 1.29 is 9.59 Å². The summed E-state index contributed by atoms with van der Waals surface area (Å²) in [5, 5.41) is 11.8. The maximum Gasteiger partial charge on any atom is 0.276 e. The van der Waals surface area contributed by atoms with Crippen LogP contribution in [0, 0.1) is 20.8 Å². The van der Waals surface area contributed by atoms with Gasteiger partial charge in [-0.25, -0.2) is 4.68 Å². The number of rotatable bonds is 6. The Kier molecular flexibility index (Phi) is 6.05. The Labute approximate surface area is 176 Å². The number of para-hydroxylation sites is 1. The number of amides is 2. The summed E-state index contributed by atoms with van der Waals surface area (Å²) < 4.78 is 3.51. The normalized spacial score (nSPS) is 10.9. The van der Waals surface area contributed by atoms with E-state index in [9.17, 15) is 9.59 Å². The molecular weight excluding hydrogens is 380 g/mol. The molecule has 8 heteroatoms. The third-order valence-electron chi connectivity index (χ3n) is 5.25. The van der Waals surface area contributed by atoms with E-state index >= 15 is 0 Å². The maximum absolute atomic E-state index is 12.7. The lowest BCUT2D eigenvalue weighted by Crippen LogP contribution is -2.24. The fourth-order valence-corrected chi connectivity index (χ4v) is 3.42. The second-order valence-electron chi connectivity index (χ2n) is 7.58. The smallest absolute Gasteiger partial charge is 0.276 e. The van der Waals surface area contributed by atoms with Gasteiger partial charge in [-0.15, -0.1) is 0 Å². The van der Waals surface area contributed by atoms with Gasteiger partial charge in [0.05, 0.1) is 22.8 Å². The highest BCUT2D eigenvalue weighted by Gasteiger charge is 2.23. The molecular formula is C22H28N6O2. The molecule has 2 amide bonds. The Bertz CT molecular complexity index is 1080. The summed E-state index contributed by atoms with van der Waals surface area (Å²) in [5.41, 5.74) is 5.43. The van der Waals surface area contributed by atoms with E-state index in [4.69, 9.17) is 0 Å². The number of hydrogen-bond donors (Lipinski definition) is 1. The van der Waals surface area contributed by atoms with Gasteiger partial charge < -0.3 is 10.2 Å². The first kappa shape index (κ1) is 21.3. The Morgan fingerprint density at radius 1 is 1.03 bits per heavy atom. The highest BCUT2D eigenvalue weighted by Crippen LogP contribution is 2.22. The molecule has 0 saturated heterocycles. The second kappa shape index (κ2) is 8.52. The first-order chi connectivity index (χ1) is 14.2. The van der Waals surface area contributed by atoms with Crippen LogP contribution in [0.2, 0.25) is 0 Å². The third kappa shape index (κ3) is 4.12. The van der Waals surface area contributed by atoms with Gasteiger partial charge in [0.25, 0.3) is 5.91 Å². The average Bonchev–Trinajstić information content (AvgIpc) is 3.16. The molecule has 0 radical (unpaired) electrons. The summed E-state index contributed by atoms with van der Waals surface area (Å²) in [6.45, 7) is 5.80. The molecule has 0 aliphatic rings. The van der Waals surface area contributed by atoms with Gasteiger partial charge in [0.2, 0.25) is 5.91 Å². The van der Waals surface area contributed by atoms with Gasteiger partial charge in [0.15, 0.2) is 5.69 Å². The Morgan fingerprint density at radius 2 is 1.70 bits per heavy atom. The number of nitrogens with one attached hydrogen (secondary N) is 1. The van der Waals surface area contributed by atoms with Crippen LogP contribution in [-0.2, 0) is 18.3 Å². The van der Waals surface area contributed by atoms with Gasteiger partial charge in [0, 0.05) is 33.3 Å². The van der Waals surface area contributed by atoms with Crippen molar-refractivity contribution >= 4 is 17.5 Å². The molecule has 0 unspecified atom stereocenters. The van der Waals surface area contributed by atoms with Crippen molar-refractivity contribution in [1.82, 2.24) is 24.5 Å². The minimum absolute atomic E-state index is 0.162. The van der Waals surface area contributed by atoms with Crippen molar-refractivity contribution in [1.29, 1.82) is 0 Å². The Morgan fingerprint density at radius 3 is 2.33 bits per heavy atom.